The summed E-state index contributed by atoms with van der Waals surface area (Å²) in [7, 11) is 0. The summed E-state index contributed by atoms with van der Waals surface area (Å²) < 4.78 is 0. The van der Waals surface area contributed by atoms with Gasteiger partial charge in [-0.15, -0.1) is 0 Å². The van der Waals surface area contributed by atoms with Crippen LogP contribution < -0.4 is 0 Å². The SMILES string of the molecule is [CH2]C(CCc1ccccc1)C1CCCCC1. The van der Waals surface area contributed by atoms with Crippen LogP contribution in [0.2, 0.25) is 0 Å². The molecule has 16 heavy (non-hydrogen) atoms. The third-order valence-corrected chi connectivity index (χ3v) is 3.96. The lowest BCUT2D eigenvalue weighted by Crippen LogP contribution is -2.16. The molecule has 1 fully saturated rings. The van der Waals surface area contributed by atoms with Crippen LogP contribution in [-0.2, 0) is 6.42 Å². The van der Waals surface area contributed by atoms with Crippen molar-refractivity contribution >= 4 is 0 Å². The van der Waals surface area contributed by atoms with E-state index >= 15 is 0 Å². The van der Waals surface area contributed by atoms with Crippen molar-refractivity contribution in [3.63, 3.8) is 0 Å². The quantitative estimate of drug-likeness (QED) is 0.686. The molecule has 0 N–H and O–H groups in total. The summed E-state index contributed by atoms with van der Waals surface area (Å²) in [5.74, 6) is 1.57. The van der Waals surface area contributed by atoms with Gasteiger partial charge >= 0.3 is 0 Å². The zero-order valence-corrected chi connectivity index (χ0v) is 10.2. The molecule has 1 aliphatic carbocycles. The van der Waals surface area contributed by atoms with Gasteiger partial charge in [-0.05, 0) is 37.2 Å². The van der Waals surface area contributed by atoms with Gasteiger partial charge in [0.05, 0.1) is 0 Å². The first-order valence-electron chi connectivity index (χ1n) is 6.73. The van der Waals surface area contributed by atoms with Crippen LogP contribution in [0.5, 0.6) is 0 Å². The summed E-state index contributed by atoms with van der Waals surface area (Å²) in [4.78, 5) is 0. The van der Waals surface area contributed by atoms with Crippen LogP contribution in [0, 0.1) is 18.8 Å². The van der Waals surface area contributed by atoms with Crippen molar-refractivity contribution in [3.8, 4) is 0 Å². The van der Waals surface area contributed by atoms with E-state index in [1.807, 2.05) is 0 Å². The third kappa shape index (κ3) is 3.37. The largest absolute Gasteiger partial charge is 0.0622 e. The number of rotatable bonds is 4. The summed E-state index contributed by atoms with van der Waals surface area (Å²) in [6.07, 6.45) is 9.61. The molecular formula is C16H23. The maximum atomic E-state index is 4.38. The van der Waals surface area contributed by atoms with Gasteiger partial charge < -0.3 is 0 Å². The van der Waals surface area contributed by atoms with E-state index in [0.717, 1.165) is 5.92 Å². The standard InChI is InChI=1S/C16H23/c1-14(16-10-6-3-7-11-16)12-13-15-8-4-2-5-9-15/h2,4-5,8-9,14,16H,1,3,6-7,10-13H2. The van der Waals surface area contributed by atoms with Crippen molar-refractivity contribution < 1.29 is 0 Å². The maximum absolute atomic E-state index is 4.38. The van der Waals surface area contributed by atoms with E-state index in [-0.39, 0.29) is 0 Å². The zero-order chi connectivity index (χ0) is 11.2. The van der Waals surface area contributed by atoms with Crippen molar-refractivity contribution in [2.24, 2.45) is 11.8 Å². The monoisotopic (exact) mass is 215 g/mol. The Morgan fingerprint density at radius 1 is 1.06 bits per heavy atom. The Labute approximate surface area is 100 Å². The highest BCUT2D eigenvalue weighted by atomic mass is 14.2. The molecule has 1 aliphatic rings. The maximum Gasteiger partial charge on any atom is -0.0276 e. The van der Waals surface area contributed by atoms with Gasteiger partial charge in [0.15, 0.2) is 0 Å². The molecule has 0 heterocycles. The van der Waals surface area contributed by atoms with Gasteiger partial charge in [-0.25, -0.2) is 0 Å². The van der Waals surface area contributed by atoms with Gasteiger partial charge in [0.2, 0.25) is 0 Å². The van der Waals surface area contributed by atoms with Gasteiger partial charge in [-0.3, -0.25) is 0 Å². The Balaban J connectivity index is 1.76. The Morgan fingerprint density at radius 3 is 2.44 bits per heavy atom. The summed E-state index contributed by atoms with van der Waals surface area (Å²) in [6.45, 7) is 4.38. The second kappa shape index (κ2) is 6.08. The zero-order valence-electron chi connectivity index (χ0n) is 10.2. The highest BCUT2D eigenvalue weighted by Crippen LogP contribution is 2.31. The Morgan fingerprint density at radius 2 is 1.75 bits per heavy atom. The highest BCUT2D eigenvalue weighted by Gasteiger charge is 2.19. The lowest BCUT2D eigenvalue weighted by Gasteiger charge is -2.27. The second-order valence-corrected chi connectivity index (χ2v) is 5.18. The summed E-state index contributed by atoms with van der Waals surface area (Å²) in [5.41, 5.74) is 1.46. The van der Waals surface area contributed by atoms with E-state index in [0.29, 0.717) is 5.92 Å². The molecule has 1 aromatic carbocycles. The molecule has 1 aromatic rings. The van der Waals surface area contributed by atoms with Gasteiger partial charge in [-0.1, -0.05) is 62.4 Å². The summed E-state index contributed by atoms with van der Waals surface area (Å²) in [6, 6.07) is 10.8. The van der Waals surface area contributed by atoms with Crippen molar-refractivity contribution in [1.82, 2.24) is 0 Å². The van der Waals surface area contributed by atoms with Crippen molar-refractivity contribution in [3.05, 3.63) is 42.8 Å². The molecule has 0 saturated heterocycles. The van der Waals surface area contributed by atoms with E-state index in [1.54, 1.807) is 0 Å². The number of benzene rings is 1. The van der Waals surface area contributed by atoms with Gasteiger partial charge in [0.1, 0.15) is 0 Å². The van der Waals surface area contributed by atoms with E-state index in [1.165, 1.54) is 50.5 Å². The second-order valence-electron chi connectivity index (χ2n) is 5.18. The van der Waals surface area contributed by atoms with Gasteiger partial charge in [0, 0.05) is 0 Å². The molecular weight excluding hydrogens is 192 g/mol. The fourth-order valence-corrected chi connectivity index (χ4v) is 2.84. The van der Waals surface area contributed by atoms with Crippen molar-refractivity contribution in [2.75, 3.05) is 0 Å². The van der Waals surface area contributed by atoms with Gasteiger partial charge in [0.25, 0.3) is 0 Å². The van der Waals surface area contributed by atoms with Crippen LogP contribution in [0.3, 0.4) is 0 Å². The average Bonchev–Trinajstić information content (AvgIpc) is 2.38. The Bertz CT molecular complexity index is 282. The van der Waals surface area contributed by atoms with E-state index in [4.69, 9.17) is 0 Å². The summed E-state index contributed by atoms with van der Waals surface area (Å²) >= 11 is 0. The first kappa shape index (κ1) is 11.7. The first-order chi connectivity index (χ1) is 7.86. The minimum atomic E-state index is 0.667. The smallest absolute Gasteiger partial charge is 0.0276 e. The molecule has 0 aromatic heterocycles. The molecule has 87 valence electrons. The van der Waals surface area contributed by atoms with E-state index < -0.39 is 0 Å². The fraction of sp³-hybridized carbons (Fsp3) is 0.562. The molecule has 0 aliphatic heterocycles. The summed E-state index contributed by atoms with van der Waals surface area (Å²) in [5, 5.41) is 0. The number of hydrogen-bond acceptors (Lipinski definition) is 0. The average molecular weight is 215 g/mol. The van der Waals surface area contributed by atoms with Crippen molar-refractivity contribution in [1.29, 1.82) is 0 Å². The Kier molecular flexibility index (Phi) is 4.44. The predicted octanol–water partition coefficient (Wildman–Crippen LogP) is 4.65. The van der Waals surface area contributed by atoms with Crippen LogP contribution in [0.1, 0.15) is 44.1 Å². The van der Waals surface area contributed by atoms with Crippen LogP contribution >= 0.6 is 0 Å². The van der Waals surface area contributed by atoms with Gasteiger partial charge in [-0.2, -0.15) is 0 Å². The van der Waals surface area contributed by atoms with Crippen LogP contribution in [0.15, 0.2) is 30.3 Å². The van der Waals surface area contributed by atoms with Crippen LogP contribution in [0.4, 0.5) is 0 Å². The lowest BCUT2D eigenvalue weighted by molar-refractivity contribution is 0.273. The van der Waals surface area contributed by atoms with Crippen LogP contribution in [0.25, 0.3) is 0 Å². The normalized spacial score (nSPS) is 19.6. The predicted molar refractivity (Wildman–Crippen MR) is 70.2 cm³/mol. The first-order valence-corrected chi connectivity index (χ1v) is 6.73. The molecule has 0 amide bonds. The highest BCUT2D eigenvalue weighted by molar-refractivity contribution is 5.14. The Hall–Kier alpha value is -0.780. The van der Waals surface area contributed by atoms with Crippen LogP contribution in [-0.4, -0.2) is 0 Å². The minimum absolute atomic E-state index is 0.667. The topological polar surface area (TPSA) is 0 Å². The third-order valence-electron chi connectivity index (χ3n) is 3.96. The number of aryl methyl sites for hydroxylation is 1. The lowest BCUT2D eigenvalue weighted by atomic mass is 9.78. The molecule has 1 saturated carbocycles. The number of hydrogen-bond donors (Lipinski definition) is 0. The molecule has 2 rings (SSSR count). The molecule has 0 spiro atoms. The van der Waals surface area contributed by atoms with Crippen molar-refractivity contribution in [2.45, 2.75) is 44.9 Å². The fourth-order valence-electron chi connectivity index (χ4n) is 2.84. The van der Waals surface area contributed by atoms with E-state index in [9.17, 15) is 0 Å². The molecule has 1 unspecified atom stereocenters. The molecule has 0 bridgehead atoms. The molecule has 1 radical (unpaired) electrons. The minimum Gasteiger partial charge on any atom is -0.0622 e. The molecule has 0 nitrogen and oxygen atoms in total. The molecule has 1 atom stereocenters. The van der Waals surface area contributed by atoms with E-state index in [2.05, 4.69) is 37.3 Å². The molecule has 0 heteroatoms.